The van der Waals surface area contributed by atoms with Crippen LogP contribution in [0, 0.1) is 0 Å². The molecule has 0 saturated carbocycles. The fraction of sp³-hybridized carbons (Fsp3) is 0.250. The van der Waals surface area contributed by atoms with Crippen LogP contribution in [0.1, 0.15) is 11.3 Å². The quantitative estimate of drug-likeness (QED) is 0.777. The number of anilines is 1. The van der Waals surface area contributed by atoms with Crippen LogP contribution in [0.4, 0.5) is 19.1 Å². The molecule has 1 aromatic rings. The highest BCUT2D eigenvalue weighted by Gasteiger charge is 2.35. The molecule has 0 atom stereocenters. The summed E-state index contributed by atoms with van der Waals surface area (Å²) in [6.45, 7) is 0.141. The van der Waals surface area contributed by atoms with Crippen molar-refractivity contribution in [2.75, 3.05) is 12.3 Å². The normalized spacial score (nSPS) is 12.3. The van der Waals surface area contributed by atoms with E-state index in [0.717, 1.165) is 6.20 Å². The van der Waals surface area contributed by atoms with Gasteiger partial charge in [0.25, 0.3) is 0 Å². The highest BCUT2D eigenvalue weighted by atomic mass is 19.4. The predicted molar refractivity (Wildman–Crippen MR) is 49.5 cm³/mol. The minimum absolute atomic E-state index is 0.141. The Morgan fingerprint density at radius 1 is 1.40 bits per heavy atom. The summed E-state index contributed by atoms with van der Waals surface area (Å²) in [5.41, 5.74) is 9.01. The first-order valence-corrected chi connectivity index (χ1v) is 4.01. The lowest BCUT2D eigenvalue weighted by atomic mass is 10.2. The van der Waals surface area contributed by atoms with E-state index < -0.39 is 17.8 Å². The molecular weight excluding hydrogens is 209 g/mol. The highest BCUT2D eigenvalue weighted by molar-refractivity contribution is 5.52. The zero-order chi connectivity index (χ0) is 11.5. The Morgan fingerprint density at radius 3 is 2.60 bits per heavy atom. The molecule has 0 saturated heterocycles. The minimum atomic E-state index is -4.55. The number of nitrogen functional groups attached to an aromatic ring is 1. The summed E-state index contributed by atoms with van der Waals surface area (Å²) < 4.78 is 37.3. The fourth-order valence-electron chi connectivity index (χ4n) is 0.949. The maximum atomic E-state index is 12.4. The van der Waals surface area contributed by atoms with Crippen molar-refractivity contribution in [3.8, 4) is 0 Å². The summed E-state index contributed by atoms with van der Waals surface area (Å²) in [5, 5.41) is 0. The molecule has 0 fully saturated rings. The van der Waals surface area contributed by atoms with E-state index >= 15 is 0 Å². The molecule has 4 N–H and O–H groups in total. The van der Waals surface area contributed by atoms with Gasteiger partial charge in [0, 0.05) is 18.3 Å². The molecule has 1 rings (SSSR count). The molecule has 0 aromatic carbocycles. The van der Waals surface area contributed by atoms with Crippen molar-refractivity contribution < 1.29 is 13.2 Å². The molecule has 4 nitrogen and oxygen atoms in total. The van der Waals surface area contributed by atoms with Crippen molar-refractivity contribution in [3.05, 3.63) is 23.5 Å². The molecule has 7 heteroatoms. The van der Waals surface area contributed by atoms with Crippen LogP contribution in [0.5, 0.6) is 0 Å². The second-order valence-electron chi connectivity index (χ2n) is 2.67. The molecule has 0 spiro atoms. The smallest absolute Gasteiger partial charge is 0.368 e. The summed E-state index contributed by atoms with van der Waals surface area (Å²) in [6.07, 6.45) is -0.949. The monoisotopic (exact) mass is 218 g/mol. The van der Waals surface area contributed by atoms with E-state index in [1.807, 2.05) is 0 Å². The Hall–Kier alpha value is -1.63. The van der Waals surface area contributed by atoms with E-state index in [4.69, 9.17) is 11.5 Å². The van der Waals surface area contributed by atoms with Crippen LogP contribution in [-0.4, -0.2) is 16.5 Å². The SMILES string of the molecule is NCC=Cc1cnc(N)nc1C(F)(F)F. The molecule has 0 aliphatic rings. The number of hydrogen-bond acceptors (Lipinski definition) is 4. The van der Waals surface area contributed by atoms with E-state index in [2.05, 4.69) is 9.97 Å². The van der Waals surface area contributed by atoms with Gasteiger partial charge in [0.15, 0.2) is 5.69 Å². The average molecular weight is 218 g/mol. The third-order valence-corrected chi connectivity index (χ3v) is 1.54. The standard InChI is InChI=1S/C8H9F3N4/c9-8(10,11)6-5(2-1-3-12)4-14-7(13)15-6/h1-2,4H,3,12H2,(H2,13,14,15). The number of halogens is 3. The van der Waals surface area contributed by atoms with Crippen LogP contribution < -0.4 is 11.5 Å². The molecule has 0 bridgehead atoms. The molecule has 0 radical (unpaired) electrons. The Kier molecular flexibility index (Phi) is 3.25. The second kappa shape index (κ2) is 4.26. The number of nitrogens with two attached hydrogens (primary N) is 2. The molecule has 0 aliphatic heterocycles. The van der Waals surface area contributed by atoms with Gasteiger partial charge in [0.1, 0.15) is 0 Å². The second-order valence-corrected chi connectivity index (χ2v) is 2.67. The molecule has 82 valence electrons. The first-order chi connectivity index (χ1) is 6.95. The van der Waals surface area contributed by atoms with Gasteiger partial charge in [-0.15, -0.1) is 0 Å². The van der Waals surface area contributed by atoms with Crippen LogP contribution in [0.2, 0.25) is 0 Å². The van der Waals surface area contributed by atoms with Crippen LogP contribution >= 0.6 is 0 Å². The summed E-state index contributed by atoms with van der Waals surface area (Å²) in [4.78, 5) is 6.63. The average Bonchev–Trinajstić information content (AvgIpc) is 2.14. The minimum Gasteiger partial charge on any atom is -0.368 e. The predicted octanol–water partition coefficient (Wildman–Crippen LogP) is 1.05. The largest absolute Gasteiger partial charge is 0.434 e. The molecule has 15 heavy (non-hydrogen) atoms. The van der Waals surface area contributed by atoms with E-state index in [-0.39, 0.29) is 12.1 Å². The van der Waals surface area contributed by atoms with Gasteiger partial charge in [-0.1, -0.05) is 12.2 Å². The van der Waals surface area contributed by atoms with Gasteiger partial charge in [-0.05, 0) is 0 Å². The topological polar surface area (TPSA) is 77.8 Å². The van der Waals surface area contributed by atoms with Gasteiger partial charge in [0.2, 0.25) is 5.95 Å². The maximum Gasteiger partial charge on any atom is 0.434 e. The maximum absolute atomic E-state index is 12.4. The first kappa shape index (κ1) is 11.4. The van der Waals surface area contributed by atoms with Crippen molar-refractivity contribution >= 4 is 12.0 Å². The van der Waals surface area contributed by atoms with Gasteiger partial charge in [-0.25, -0.2) is 9.97 Å². The van der Waals surface area contributed by atoms with Crippen molar-refractivity contribution in [2.45, 2.75) is 6.18 Å². The van der Waals surface area contributed by atoms with E-state index in [0.29, 0.717) is 0 Å². The zero-order valence-electron chi connectivity index (χ0n) is 7.62. The molecular formula is C8H9F3N4. The summed E-state index contributed by atoms with van der Waals surface area (Å²) in [5.74, 6) is -0.410. The number of alkyl halides is 3. The van der Waals surface area contributed by atoms with Crippen molar-refractivity contribution in [1.29, 1.82) is 0 Å². The molecule has 0 amide bonds. The van der Waals surface area contributed by atoms with Gasteiger partial charge in [-0.3, -0.25) is 0 Å². The number of hydrogen-bond donors (Lipinski definition) is 2. The summed E-state index contributed by atoms with van der Waals surface area (Å²) in [7, 11) is 0. The third kappa shape index (κ3) is 2.91. The Balaban J connectivity index is 3.21. The van der Waals surface area contributed by atoms with Crippen LogP contribution in [0.15, 0.2) is 12.3 Å². The molecule has 0 unspecified atom stereocenters. The van der Waals surface area contributed by atoms with Gasteiger partial charge >= 0.3 is 6.18 Å². The van der Waals surface area contributed by atoms with Gasteiger partial charge in [0.05, 0.1) is 0 Å². The van der Waals surface area contributed by atoms with Crippen molar-refractivity contribution in [1.82, 2.24) is 9.97 Å². The first-order valence-electron chi connectivity index (χ1n) is 4.01. The molecule has 1 heterocycles. The van der Waals surface area contributed by atoms with Crippen LogP contribution in [0.25, 0.3) is 6.08 Å². The van der Waals surface area contributed by atoms with Crippen LogP contribution in [0.3, 0.4) is 0 Å². The Bertz CT molecular complexity index is 373. The van der Waals surface area contributed by atoms with Gasteiger partial charge in [-0.2, -0.15) is 13.2 Å². The van der Waals surface area contributed by atoms with Gasteiger partial charge < -0.3 is 11.5 Å². The highest BCUT2D eigenvalue weighted by Crippen LogP contribution is 2.30. The van der Waals surface area contributed by atoms with E-state index in [1.165, 1.54) is 12.2 Å². The van der Waals surface area contributed by atoms with Crippen molar-refractivity contribution in [2.24, 2.45) is 5.73 Å². The van der Waals surface area contributed by atoms with Crippen molar-refractivity contribution in [3.63, 3.8) is 0 Å². The lowest BCUT2D eigenvalue weighted by Crippen LogP contribution is -2.13. The number of aromatic nitrogens is 2. The Labute approximate surface area is 83.8 Å². The van der Waals surface area contributed by atoms with E-state index in [9.17, 15) is 13.2 Å². The summed E-state index contributed by atoms with van der Waals surface area (Å²) >= 11 is 0. The lowest BCUT2D eigenvalue weighted by molar-refractivity contribution is -0.141. The molecule has 0 aliphatic carbocycles. The van der Waals surface area contributed by atoms with Crippen LogP contribution in [-0.2, 0) is 6.18 Å². The third-order valence-electron chi connectivity index (χ3n) is 1.54. The zero-order valence-corrected chi connectivity index (χ0v) is 7.62. The van der Waals surface area contributed by atoms with E-state index in [1.54, 1.807) is 0 Å². The molecule has 1 aromatic heterocycles. The lowest BCUT2D eigenvalue weighted by Gasteiger charge is -2.08. The summed E-state index contributed by atoms with van der Waals surface area (Å²) in [6, 6.07) is 0. The number of nitrogens with zero attached hydrogens (tertiary/aromatic N) is 2. The Morgan fingerprint density at radius 2 is 2.07 bits per heavy atom. The number of rotatable bonds is 2. The fourth-order valence-corrected chi connectivity index (χ4v) is 0.949.